The third-order valence-corrected chi connectivity index (χ3v) is 1.46. The van der Waals surface area contributed by atoms with Gasteiger partial charge in [0.2, 0.25) is 0 Å². The quantitative estimate of drug-likeness (QED) is 0.604. The Labute approximate surface area is 103 Å². The monoisotopic (exact) mass is 250 g/mol. The minimum atomic E-state index is 0. The van der Waals surface area contributed by atoms with E-state index in [-0.39, 0.29) is 32.7 Å². The predicted octanol–water partition coefficient (Wildman–Crippen LogP) is 1.82. The van der Waals surface area contributed by atoms with Gasteiger partial charge >= 0.3 is 0 Å². The van der Waals surface area contributed by atoms with Gasteiger partial charge in [-0.05, 0) is 18.4 Å². The molecule has 1 rings (SSSR count). The molecule has 0 aromatic heterocycles. The molecule has 0 aliphatic carbocycles. The summed E-state index contributed by atoms with van der Waals surface area (Å²) in [5.74, 6) is 0.808. The molecule has 0 spiro atoms. The topological polar surface area (TPSA) is 26.3 Å². The number of carbonyl (C=O) groups excluding carboxylic acids is 1. The summed E-state index contributed by atoms with van der Waals surface area (Å²) in [4.78, 5) is 9.86. The predicted molar refractivity (Wildman–Crippen MR) is 47.7 cm³/mol. The van der Waals surface area contributed by atoms with E-state index < -0.39 is 0 Å². The van der Waals surface area contributed by atoms with E-state index in [4.69, 9.17) is 4.74 Å². The zero-order chi connectivity index (χ0) is 8.81. The van der Waals surface area contributed by atoms with Crippen molar-refractivity contribution in [1.82, 2.24) is 0 Å². The van der Waals surface area contributed by atoms with E-state index in [1.165, 1.54) is 6.08 Å². The first kappa shape index (κ1) is 12.5. The van der Waals surface area contributed by atoms with Gasteiger partial charge in [0.1, 0.15) is 5.75 Å². The Morgan fingerprint density at radius 2 is 1.92 bits per heavy atom. The van der Waals surface area contributed by atoms with Crippen LogP contribution in [0.25, 0.3) is 6.08 Å². The summed E-state index contributed by atoms with van der Waals surface area (Å²) in [7, 11) is 1.62. The molecular weight excluding hydrogens is 241 g/mol. The zero-order valence-corrected chi connectivity index (χ0v) is 10.2. The summed E-state index contributed by atoms with van der Waals surface area (Å²) in [6.45, 7) is 0. The Hall–Kier alpha value is -0.466. The smallest absolute Gasteiger partial charge is 0.118 e. The average Bonchev–Trinajstić information content (AvgIpc) is 2.15. The van der Waals surface area contributed by atoms with Gasteiger partial charge in [-0.3, -0.25) is 0 Å². The van der Waals surface area contributed by atoms with Gasteiger partial charge in [-0.25, -0.2) is 6.08 Å². The number of methoxy groups -OCH3 is 1. The van der Waals surface area contributed by atoms with E-state index in [0.29, 0.717) is 0 Å². The summed E-state index contributed by atoms with van der Waals surface area (Å²) in [6.07, 6.45) is 4.71. The molecule has 0 fully saturated rings. The van der Waals surface area contributed by atoms with Crippen LogP contribution < -0.4 is 4.74 Å². The van der Waals surface area contributed by atoms with E-state index in [0.717, 1.165) is 11.3 Å². The molecule has 1 radical (unpaired) electrons. The zero-order valence-electron chi connectivity index (χ0n) is 7.36. The summed E-state index contributed by atoms with van der Waals surface area (Å²) < 4.78 is 4.97. The third-order valence-electron chi connectivity index (χ3n) is 1.46. The molecule has 0 N–H and O–H groups in total. The van der Waals surface area contributed by atoms with Crippen molar-refractivity contribution in [3.05, 3.63) is 35.9 Å². The van der Waals surface area contributed by atoms with Crippen molar-refractivity contribution in [2.24, 2.45) is 0 Å². The molecule has 0 amide bonds. The van der Waals surface area contributed by atoms with Gasteiger partial charge in [-0.2, -0.15) is 6.08 Å². The van der Waals surface area contributed by atoms with Crippen LogP contribution in [-0.4, -0.2) is 13.4 Å². The van der Waals surface area contributed by atoms with Crippen LogP contribution in [0.4, 0.5) is 0 Å². The fourth-order valence-electron chi connectivity index (χ4n) is 0.845. The molecule has 0 bridgehead atoms. The van der Waals surface area contributed by atoms with Crippen molar-refractivity contribution < 1.29 is 42.2 Å². The van der Waals surface area contributed by atoms with E-state index in [9.17, 15) is 4.79 Å². The number of benzene rings is 1. The molecule has 0 heterocycles. The number of allylic oxidation sites excluding steroid dienone is 1. The molecule has 0 unspecified atom stereocenters. The van der Waals surface area contributed by atoms with Crippen LogP contribution in [0.3, 0.4) is 0 Å². The van der Waals surface area contributed by atoms with Gasteiger partial charge < -0.3 is 9.53 Å². The second kappa shape index (κ2) is 6.99. The number of hydrogen-bond acceptors (Lipinski definition) is 2. The molecule has 1 aromatic rings. The first-order valence-corrected chi connectivity index (χ1v) is 3.55. The number of rotatable bonds is 3. The van der Waals surface area contributed by atoms with Crippen LogP contribution in [0.1, 0.15) is 5.56 Å². The Morgan fingerprint density at radius 1 is 1.31 bits per heavy atom. The maximum Gasteiger partial charge on any atom is 0.118 e. The standard InChI is InChI=1S/C10H9O2.Y/c1-12-10-6-4-9(5-7-10)3-2-8-11;/h2-7H,1H3;/q-1;/b3-2+;. The molecule has 65 valence electrons. The van der Waals surface area contributed by atoms with Crippen LogP contribution in [-0.2, 0) is 37.5 Å². The molecule has 0 saturated heterocycles. The SMILES string of the molecule is COc1ccc(/C=C/[C-]=O)cc1.[Y]. The van der Waals surface area contributed by atoms with Crippen LogP contribution in [0.2, 0.25) is 0 Å². The van der Waals surface area contributed by atoms with E-state index in [1.54, 1.807) is 19.5 Å². The van der Waals surface area contributed by atoms with Gasteiger partial charge in [0.05, 0.1) is 7.11 Å². The molecule has 0 saturated carbocycles. The Bertz CT molecular complexity index is 277. The van der Waals surface area contributed by atoms with Gasteiger partial charge in [-0.1, -0.05) is 12.1 Å². The summed E-state index contributed by atoms with van der Waals surface area (Å²) in [5, 5.41) is 0. The summed E-state index contributed by atoms with van der Waals surface area (Å²) in [6, 6.07) is 7.41. The number of hydrogen-bond donors (Lipinski definition) is 0. The second-order valence-corrected chi connectivity index (χ2v) is 2.22. The summed E-state index contributed by atoms with van der Waals surface area (Å²) >= 11 is 0. The van der Waals surface area contributed by atoms with Crippen molar-refractivity contribution in [2.75, 3.05) is 7.11 Å². The molecule has 0 aliphatic rings. The maximum atomic E-state index is 9.86. The van der Waals surface area contributed by atoms with Gasteiger partial charge in [0.15, 0.2) is 0 Å². The number of ether oxygens (including phenoxy) is 1. The van der Waals surface area contributed by atoms with Crippen molar-refractivity contribution in [3.8, 4) is 5.75 Å². The van der Waals surface area contributed by atoms with Gasteiger partial charge in [0, 0.05) is 32.7 Å². The molecule has 3 heteroatoms. The van der Waals surface area contributed by atoms with Crippen LogP contribution >= 0.6 is 0 Å². The van der Waals surface area contributed by atoms with E-state index >= 15 is 0 Å². The molecule has 13 heavy (non-hydrogen) atoms. The van der Waals surface area contributed by atoms with Gasteiger partial charge in [-0.15, -0.1) is 5.56 Å². The van der Waals surface area contributed by atoms with Crippen LogP contribution in [0.5, 0.6) is 5.75 Å². The van der Waals surface area contributed by atoms with Crippen molar-refractivity contribution in [3.63, 3.8) is 0 Å². The largest absolute Gasteiger partial charge is 0.497 e. The van der Waals surface area contributed by atoms with Crippen molar-refractivity contribution in [2.45, 2.75) is 0 Å². The molecule has 2 nitrogen and oxygen atoms in total. The normalized spacial score (nSPS) is 9.31. The Kier molecular flexibility index (Phi) is 6.74. The van der Waals surface area contributed by atoms with Crippen molar-refractivity contribution in [1.29, 1.82) is 0 Å². The minimum Gasteiger partial charge on any atom is -0.497 e. The fraction of sp³-hybridized carbons (Fsp3) is 0.100. The first-order valence-electron chi connectivity index (χ1n) is 3.55. The Morgan fingerprint density at radius 3 is 2.38 bits per heavy atom. The molecule has 0 aliphatic heterocycles. The van der Waals surface area contributed by atoms with Crippen LogP contribution in [0, 0.1) is 0 Å². The fourth-order valence-corrected chi connectivity index (χ4v) is 0.845. The summed E-state index contributed by atoms with van der Waals surface area (Å²) in [5.41, 5.74) is 0.958. The first-order chi connectivity index (χ1) is 5.86. The molecular formula is C10H9O2Y-. The maximum absolute atomic E-state index is 9.86. The molecule has 0 atom stereocenters. The molecule has 1 aromatic carbocycles. The minimum absolute atomic E-state index is 0. The average molecular weight is 250 g/mol. The van der Waals surface area contributed by atoms with Crippen LogP contribution in [0.15, 0.2) is 30.3 Å². The van der Waals surface area contributed by atoms with Gasteiger partial charge in [0.25, 0.3) is 0 Å². The Balaban J connectivity index is 0.00000144. The second-order valence-electron chi connectivity index (χ2n) is 2.22. The van der Waals surface area contributed by atoms with E-state index in [2.05, 4.69) is 0 Å². The van der Waals surface area contributed by atoms with E-state index in [1.807, 2.05) is 24.3 Å². The van der Waals surface area contributed by atoms with Crippen molar-refractivity contribution >= 4 is 12.4 Å². The third kappa shape index (κ3) is 4.34.